The van der Waals surface area contributed by atoms with Crippen molar-refractivity contribution < 1.29 is 14.4 Å². The number of hydrogen-bond donors (Lipinski definition) is 1. The molecule has 4 amide bonds. The van der Waals surface area contributed by atoms with Gasteiger partial charge in [0.25, 0.3) is 0 Å². The van der Waals surface area contributed by atoms with Crippen LogP contribution in [-0.4, -0.2) is 84.1 Å². The number of anilines is 1. The molecule has 1 N–H and O–H groups in total. The molecule has 0 saturated carbocycles. The Morgan fingerprint density at radius 2 is 1.61 bits per heavy atom. The maximum Gasteiger partial charge on any atom is 0.332 e. The lowest BCUT2D eigenvalue weighted by Crippen LogP contribution is -2.65. The first kappa shape index (κ1) is 31.7. The SMILES string of the molecule is CN(C)c1ccc(C[C@H]2C(=O)N(Cc3cccc4ccccc34)C[C@H]3N2C(=O)CN3N(C)C(=O)NCc2ccc(Cl)c(Cl)c2)cc1. The molecule has 2 aliphatic rings. The highest BCUT2D eigenvalue weighted by molar-refractivity contribution is 6.42. The van der Waals surface area contributed by atoms with Crippen molar-refractivity contribution in [2.45, 2.75) is 31.7 Å². The normalized spacial score (nSPS) is 18.2. The van der Waals surface area contributed by atoms with Crippen LogP contribution in [0.15, 0.2) is 84.9 Å². The molecular formula is C35H36Cl2N6O3. The molecule has 6 rings (SSSR count). The molecule has 0 aliphatic carbocycles. The summed E-state index contributed by atoms with van der Waals surface area (Å²) in [6.45, 7) is 0.852. The third kappa shape index (κ3) is 6.35. The Hall–Kier alpha value is -4.31. The van der Waals surface area contributed by atoms with E-state index in [-0.39, 0.29) is 37.5 Å². The first-order chi connectivity index (χ1) is 22.1. The molecule has 2 saturated heterocycles. The van der Waals surface area contributed by atoms with Crippen molar-refractivity contribution in [1.29, 1.82) is 0 Å². The summed E-state index contributed by atoms with van der Waals surface area (Å²) < 4.78 is 0. The number of halogens is 2. The summed E-state index contributed by atoms with van der Waals surface area (Å²) in [7, 11) is 5.59. The van der Waals surface area contributed by atoms with Gasteiger partial charge in [-0.3, -0.25) is 14.6 Å². The molecule has 2 fully saturated rings. The van der Waals surface area contributed by atoms with Gasteiger partial charge in [0.2, 0.25) is 11.8 Å². The lowest BCUT2D eigenvalue weighted by Gasteiger charge is -2.46. The van der Waals surface area contributed by atoms with E-state index in [0.717, 1.165) is 33.2 Å². The number of hydrazine groups is 1. The number of piperazine rings is 1. The quantitative estimate of drug-likeness (QED) is 0.275. The molecule has 0 aromatic heterocycles. The number of nitrogens with one attached hydrogen (secondary N) is 1. The molecule has 9 nitrogen and oxygen atoms in total. The van der Waals surface area contributed by atoms with Gasteiger partial charge in [0, 0.05) is 46.3 Å². The first-order valence-electron chi connectivity index (χ1n) is 15.2. The number of hydrogen-bond acceptors (Lipinski definition) is 5. The van der Waals surface area contributed by atoms with E-state index in [0.29, 0.717) is 23.0 Å². The summed E-state index contributed by atoms with van der Waals surface area (Å²) in [5.74, 6) is -0.301. The van der Waals surface area contributed by atoms with E-state index in [1.54, 1.807) is 35.2 Å². The molecule has 0 spiro atoms. The van der Waals surface area contributed by atoms with Gasteiger partial charge < -0.3 is 20.0 Å². The highest BCUT2D eigenvalue weighted by atomic mass is 35.5. The van der Waals surface area contributed by atoms with Crippen molar-refractivity contribution >= 4 is 57.5 Å². The lowest BCUT2D eigenvalue weighted by molar-refractivity contribution is -0.157. The van der Waals surface area contributed by atoms with Crippen LogP contribution in [0.25, 0.3) is 10.8 Å². The van der Waals surface area contributed by atoms with Crippen LogP contribution in [0.1, 0.15) is 16.7 Å². The van der Waals surface area contributed by atoms with Crippen LogP contribution in [-0.2, 0) is 29.1 Å². The molecule has 2 atom stereocenters. The first-order valence-corrected chi connectivity index (χ1v) is 15.9. The smallest absolute Gasteiger partial charge is 0.332 e. The number of urea groups is 1. The highest BCUT2D eigenvalue weighted by Crippen LogP contribution is 2.31. The predicted octanol–water partition coefficient (Wildman–Crippen LogP) is 5.39. The standard InChI is InChI=1S/C35H36Cl2N6O3/c1-39(2)27-14-11-23(12-15-27)18-31-34(45)41(20-26-9-6-8-25-7-4-5-10-28(25)26)21-32-42(22-33(44)43(31)32)40(3)35(46)38-19-24-13-16-29(36)30(37)17-24/h4-17,31-32H,18-22H2,1-3H3,(H,38,46)/t31-,32+/m0/s1. The van der Waals surface area contributed by atoms with E-state index < -0.39 is 12.2 Å². The van der Waals surface area contributed by atoms with Gasteiger partial charge in [0.15, 0.2) is 0 Å². The maximum atomic E-state index is 14.2. The number of carbonyl (C=O) groups excluding carboxylic acids is 3. The second-order valence-electron chi connectivity index (χ2n) is 11.9. The zero-order valence-electron chi connectivity index (χ0n) is 26.0. The van der Waals surface area contributed by atoms with Gasteiger partial charge in [0.1, 0.15) is 12.2 Å². The fourth-order valence-electron chi connectivity index (χ4n) is 6.30. The lowest BCUT2D eigenvalue weighted by atomic mass is 9.98. The van der Waals surface area contributed by atoms with E-state index >= 15 is 0 Å². The Balaban J connectivity index is 1.27. The minimum absolute atomic E-state index is 0.0210. The summed E-state index contributed by atoms with van der Waals surface area (Å²) in [6.07, 6.45) is -0.158. The zero-order chi connectivity index (χ0) is 32.5. The Morgan fingerprint density at radius 1 is 0.891 bits per heavy atom. The van der Waals surface area contributed by atoms with E-state index in [1.165, 1.54) is 5.01 Å². The third-order valence-corrected chi connectivity index (χ3v) is 9.54. The van der Waals surface area contributed by atoms with E-state index in [1.807, 2.05) is 72.4 Å². The molecule has 238 valence electrons. The van der Waals surface area contributed by atoms with Crippen molar-refractivity contribution in [1.82, 2.24) is 25.1 Å². The van der Waals surface area contributed by atoms with Crippen molar-refractivity contribution in [3.8, 4) is 0 Å². The summed E-state index contributed by atoms with van der Waals surface area (Å²) in [4.78, 5) is 46.8. The van der Waals surface area contributed by atoms with Gasteiger partial charge in [-0.25, -0.2) is 4.79 Å². The number of rotatable bonds is 8. The molecule has 4 aromatic rings. The van der Waals surface area contributed by atoms with Crippen LogP contribution >= 0.6 is 23.2 Å². The minimum Gasteiger partial charge on any atom is -0.378 e. The van der Waals surface area contributed by atoms with Crippen LogP contribution in [0.5, 0.6) is 0 Å². The van der Waals surface area contributed by atoms with Crippen molar-refractivity contribution in [3.05, 3.63) is 112 Å². The molecule has 2 heterocycles. The molecule has 2 aliphatic heterocycles. The topological polar surface area (TPSA) is 79.4 Å². The van der Waals surface area contributed by atoms with Crippen LogP contribution in [0.4, 0.5) is 10.5 Å². The molecule has 11 heteroatoms. The van der Waals surface area contributed by atoms with E-state index in [2.05, 4.69) is 23.5 Å². The second kappa shape index (κ2) is 13.2. The molecule has 0 bridgehead atoms. The van der Waals surface area contributed by atoms with Crippen molar-refractivity contribution in [3.63, 3.8) is 0 Å². The molecule has 0 radical (unpaired) electrons. The number of amides is 4. The third-order valence-electron chi connectivity index (χ3n) is 8.80. The summed E-state index contributed by atoms with van der Waals surface area (Å²) in [5.41, 5.74) is 3.82. The number of benzene rings is 4. The number of carbonyl (C=O) groups is 3. The number of nitrogens with zero attached hydrogens (tertiary/aromatic N) is 5. The van der Waals surface area contributed by atoms with Crippen LogP contribution in [0, 0.1) is 0 Å². The van der Waals surface area contributed by atoms with Gasteiger partial charge in [-0.05, 0) is 51.7 Å². The molecule has 0 unspecified atom stereocenters. The highest BCUT2D eigenvalue weighted by Gasteiger charge is 2.51. The van der Waals surface area contributed by atoms with E-state index in [4.69, 9.17) is 23.2 Å². The van der Waals surface area contributed by atoms with Crippen LogP contribution in [0.2, 0.25) is 10.0 Å². The van der Waals surface area contributed by atoms with Gasteiger partial charge in [-0.15, -0.1) is 0 Å². The Bertz CT molecular complexity index is 1780. The molecule has 46 heavy (non-hydrogen) atoms. The Morgan fingerprint density at radius 3 is 2.35 bits per heavy atom. The van der Waals surface area contributed by atoms with Crippen LogP contribution < -0.4 is 10.2 Å². The molecule has 4 aromatic carbocycles. The summed E-state index contributed by atoms with van der Waals surface area (Å²) in [5, 5.41) is 9.11. The second-order valence-corrected chi connectivity index (χ2v) is 12.8. The summed E-state index contributed by atoms with van der Waals surface area (Å²) >= 11 is 12.2. The largest absolute Gasteiger partial charge is 0.378 e. The fourth-order valence-corrected chi connectivity index (χ4v) is 6.62. The fraction of sp³-hybridized carbons (Fsp3) is 0.286. The minimum atomic E-state index is -0.718. The van der Waals surface area contributed by atoms with Gasteiger partial charge in [-0.2, -0.15) is 5.01 Å². The van der Waals surface area contributed by atoms with Gasteiger partial charge in [0.05, 0.1) is 23.1 Å². The number of fused-ring (bicyclic) bond motifs is 2. The monoisotopic (exact) mass is 658 g/mol. The molecular weight excluding hydrogens is 623 g/mol. The van der Waals surface area contributed by atoms with Crippen molar-refractivity contribution in [2.24, 2.45) is 0 Å². The van der Waals surface area contributed by atoms with E-state index in [9.17, 15) is 14.4 Å². The summed E-state index contributed by atoms with van der Waals surface area (Å²) in [6, 6.07) is 26.3. The Kier molecular flexibility index (Phi) is 9.08. The Labute approximate surface area is 278 Å². The maximum absolute atomic E-state index is 14.2. The average molecular weight is 660 g/mol. The van der Waals surface area contributed by atoms with Gasteiger partial charge in [-0.1, -0.05) is 83.9 Å². The van der Waals surface area contributed by atoms with Crippen molar-refractivity contribution in [2.75, 3.05) is 39.1 Å². The van der Waals surface area contributed by atoms with Gasteiger partial charge >= 0.3 is 6.03 Å². The zero-order valence-corrected chi connectivity index (χ0v) is 27.5. The predicted molar refractivity (Wildman–Crippen MR) is 181 cm³/mol. The average Bonchev–Trinajstić information content (AvgIpc) is 3.38. The van der Waals surface area contributed by atoms with Crippen LogP contribution in [0.3, 0.4) is 0 Å².